The fourth-order valence-electron chi connectivity index (χ4n) is 4.50. The summed E-state index contributed by atoms with van der Waals surface area (Å²) in [4.78, 5) is 17.8. The molecule has 4 heteroatoms. The van der Waals surface area contributed by atoms with Gasteiger partial charge in [-0.15, -0.1) is 0 Å². The average molecular weight is 463 g/mol. The second kappa shape index (κ2) is 8.75. The molecule has 30 heavy (non-hydrogen) atoms. The Hall–Kier alpha value is -2.43. The van der Waals surface area contributed by atoms with Gasteiger partial charge in [-0.25, -0.2) is 0 Å². The van der Waals surface area contributed by atoms with Crippen LogP contribution in [0.5, 0.6) is 0 Å². The molecule has 3 nitrogen and oxygen atoms in total. The van der Waals surface area contributed by atoms with Gasteiger partial charge in [0.15, 0.2) is 0 Å². The number of carbonyl (C=O) groups excluding carboxylic acids is 1. The van der Waals surface area contributed by atoms with E-state index in [2.05, 4.69) is 96.2 Å². The third-order valence-electron chi connectivity index (χ3n) is 5.57. The van der Waals surface area contributed by atoms with Crippen LogP contribution in [-0.2, 0) is 4.79 Å². The predicted octanol–water partition coefficient (Wildman–Crippen LogP) is 6.55. The van der Waals surface area contributed by atoms with Crippen molar-refractivity contribution in [3.05, 3.63) is 93.5 Å². The molecule has 0 fully saturated rings. The lowest BCUT2D eigenvalue weighted by Crippen LogP contribution is -2.37. The van der Waals surface area contributed by atoms with Gasteiger partial charge in [-0.2, -0.15) is 0 Å². The quantitative estimate of drug-likeness (QED) is 0.438. The van der Waals surface area contributed by atoms with Crippen LogP contribution in [0, 0.1) is 13.8 Å². The molecule has 0 radical (unpaired) electrons. The summed E-state index contributed by atoms with van der Waals surface area (Å²) in [5, 5.41) is 0. The van der Waals surface area contributed by atoms with Crippen molar-refractivity contribution in [2.75, 3.05) is 18.0 Å². The van der Waals surface area contributed by atoms with Crippen molar-refractivity contribution in [1.29, 1.82) is 0 Å². The first-order valence-electron chi connectivity index (χ1n) is 10.5. The summed E-state index contributed by atoms with van der Waals surface area (Å²) in [5.41, 5.74) is 6.57. The van der Waals surface area contributed by atoms with Crippen LogP contribution in [-0.4, -0.2) is 23.9 Å². The summed E-state index contributed by atoms with van der Waals surface area (Å²) >= 11 is 3.67. The van der Waals surface area contributed by atoms with E-state index >= 15 is 0 Å². The van der Waals surface area contributed by atoms with Crippen LogP contribution in [0.2, 0.25) is 0 Å². The molecule has 1 atom stereocenters. The molecular weight excluding hydrogens is 436 g/mol. The molecular formula is C26H27BrN2O. The van der Waals surface area contributed by atoms with E-state index in [0.717, 1.165) is 45.5 Å². The SMILES string of the molecule is CCCN1CC(=O)N(c2cc(C)cc(C)c2)c2ccc(Br)cc2C1c1ccccc1. The van der Waals surface area contributed by atoms with Gasteiger partial charge in [0.05, 0.1) is 18.3 Å². The Morgan fingerprint density at radius 2 is 1.67 bits per heavy atom. The van der Waals surface area contributed by atoms with Gasteiger partial charge in [0.2, 0.25) is 5.91 Å². The number of carbonyl (C=O) groups is 1. The van der Waals surface area contributed by atoms with Crippen molar-refractivity contribution >= 4 is 33.2 Å². The van der Waals surface area contributed by atoms with Crippen LogP contribution in [0.4, 0.5) is 11.4 Å². The second-order valence-electron chi connectivity index (χ2n) is 8.06. The molecule has 0 saturated carbocycles. The monoisotopic (exact) mass is 462 g/mol. The molecule has 1 aliphatic heterocycles. The van der Waals surface area contributed by atoms with E-state index in [4.69, 9.17) is 0 Å². The Morgan fingerprint density at radius 3 is 2.33 bits per heavy atom. The number of amides is 1. The highest BCUT2D eigenvalue weighted by Gasteiger charge is 2.34. The number of benzene rings is 3. The molecule has 3 aromatic rings. The van der Waals surface area contributed by atoms with E-state index < -0.39 is 0 Å². The first-order chi connectivity index (χ1) is 14.5. The zero-order valence-electron chi connectivity index (χ0n) is 17.7. The Kier molecular flexibility index (Phi) is 6.07. The summed E-state index contributed by atoms with van der Waals surface area (Å²) in [5.74, 6) is 0.107. The van der Waals surface area contributed by atoms with Gasteiger partial charge in [0.1, 0.15) is 0 Å². The van der Waals surface area contributed by atoms with Crippen LogP contribution < -0.4 is 4.90 Å². The maximum Gasteiger partial charge on any atom is 0.245 e. The Morgan fingerprint density at radius 1 is 0.967 bits per heavy atom. The maximum absolute atomic E-state index is 13.6. The van der Waals surface area contributed by atoms with Crippen molar-refractivity contribution in [2.45, 2.75) is 33.2 Å². The summed E-state index contributed by atoms with van der Waals surface area (Å²) < 4.78 is 1.02. The van der Waals surface area contributed by atoms with Crippen LogP contribution in [0.3, 0.4) is 0 Å². The van der Waals surface area contributed by atoms with Crippen LogP contribution in [0.15, 0.2) is 71.2 Å². The van der Waals surface area contributed by atoms with E-state index in [0.29, 0.717) is 6.54 Å². The van der Waals surface area contributed by atoms with Gasteiger partial charge in [0, 0.05) is 10.2 Å². The highest BCUT2D eigenvalue weighted by atomic mass is 79.9. The van der Waals surface area contributed by atoms with Gasteiger partial charge in [-0.3, -0.25) is 14.6 Å². The molecule has 3 aromatic carbocycles. The fourth-order valence-corrected chi connectivity index (χ4v) is 4.88. The summed E-state index contributed by atoms with van der Waals surface area (Å²) in [7, 11) is 0. The first kappa shape index (κ1) is 20.8. The Bertz CT molecular complexity index is 1040. The highest BCUT2D eigenvalue weighted by Crippen LogP contribution is 2.42. The third kappa shape index (κ3) is 4.07. The minimum Gasteiger partial charge on any atom is -0.283 e. The van der Waals surface area contributed by atoms with E-state index in [1.54, 1.807) is 0 Å². The van der Waals surface area contributed by atoms with Gasteiger partial charge in [-0.1, -0.05) is 59.3 Å². The van der Waals surface area contributed by atoms with E-state index in [1.807, 2.05) is 17.0 Å². The molecule has 1 heterocycles. The number of rotatable bonds is 4. The van der Waals surface area contributed by atoms with Crippen LogP contribution in [0.25, 0.3) is 0 Å². The number of hydrogen-bond donors (Lipinski definition) is 0. The summed E-state index contributed by atoms with van der Waals surface area (Å²) in [6, 6.07) is 23.2. The molecule has 0 aromatic heterocycles. The average Bonchev–Trinajstić information content (AvgIpc) is 2.81. The lowest BCUT2D eigenvalue weighted by atomic mass is 9.95. The third-order valence-corrected chi connectivity index (χ3v) is 6.06. The van der Waals surface area contributed by atoms with Crippen molar-refractivity contribution in [2.24, 2.45) is 0 Å². The topological polar surface area (TPSA) is 23.6 Å². The predicted molar refractivity (Wildman–Crippen MR) is 127 cm³/mol. The number of halogens is 1. The largest absolute Gasteiger partial charge is 0.283 e. The Balaban J connectivity index is 1.96. The molecule has 154 valence electrons. The molecule has 0 bridgehead atoms. The van der Waals surface area contributed by atoms with Crippen LogP contribution >= 0.6 is 15.9 Å². The molecule has 0 saturated heterocycles. The lowest BCUT2D eigenvalue weighted by Gasteiger charge is -2.30. The van der Waals surface area contributed by atoms with E-state index in [-0.39, 0.29) is 11.9 Å². The van der Waals surface area contributed by atoms with Crippen molar-refractivity contribution in [1.82, 2.24) is 4.90 Å². The zero-order valence-corrected chi connectivity index (χ0v) is 19.3. The number of aryl methyl sites for hydroxylation is 2. The number of nitrogens with zero attached hydrogens (tertiary/aromatic N) is 2. The Labute approximate surface area is 187 Å². The molecule has 0 aliphatic carbocycles. The van der Waals surface area contributed by atoms with Gasteiger partial charge in [0.25, 0.3) is 0 Å². The number of anilines is 2. The lowest BCUT2D eigenvalue weighted by molar-refractivity contribution is -0.119. The van der Waals surface area contributed by atoms with E-state index in [1.165, 1.54) is 5.56 Å². The molecule has 1 unspecified atom stereocenters. The molecule has 0 spiro atoms. The fraction of sp³-hybridized carbons (Fsp3) is 0.269. The standard InChI is InChI=1S/C26H27BrN2O/c1-4-12-28-17-25(30)29(22-14-18(2)13-19(3)15-22)24-11-10-21(27)16-23(24)26(28)20-8-6-5-7-9-20/h5-11,13-16,26H,4,12,17H2,1-3H3. The molecule has 1 amide bonds. The molecule has 0 N–H and O–H groups in total. The van der Waals surface area contributed by atoms with Crippen LogP contribution in [0.1, 0.15) is 41.6 Å². The first-order valence-corrected chi connectivity index (χ1v) is 11.3. The summed E-state index contributed by atoms with van der Waals surface area (Å²) in [6.07, 6.45) is 0.990. The van der Waals surface area contributed by atoms with Gasteiger partial charge in [-0.05, 0) is 79.4 Å². The minimum absolute atomic E-state index is 0.0264. The van der Waals surface area contributed by atoms with E-state index in [9.17, 15) is 4.79 Å². The summed E-state index contributed by atoms with van der Waals surface area (Å²) in [6.45, 7) is 7.57. The minimum atomic E-state index is 0.0264. The van der Waals surface area contributed by atoms with Crippen molar-refractivity contribution in [3.8, 4) is 0 Å². The normalized spacial score (nSPS) is 17.0. The molecule has 1 aliphatic rings. The smallest absolute Gasteiger partial charge is 0.245 e. The highest BCUT2D eigenvalue weighted by molar-refractivity contribution is 9.10. The molecule has 4 rings (SSSR count). The van der Waals surface area contributed by atoms with Crippen molar-refractivity contribution in [3.63, 3.8) is 0 Å². The number of hydrogen-bond acceptors (Lipinski definition) is 2. The van der Waals surface area contributed by atoms with Gasteiger partial charge < -0.3 is 0 Å². The maximum atomic E-state index is 13.6. The second-order valence-corrected chi connectivity index (χ2v) is 8.98. The van der Waals surface area contributed by atoms with Crippen molar-refractivity contribution < 1.29 is 4.79 Å². The zero-order chi connectivity index (χ0) is 21.3. The number of fused-ring (bicyclic) bond motifs is 1. The van der Waals surface area contributed by atoms with Gasteiger partial charge >= 0.3 is 0 Å².